The molecule has 3 heteroatoms. The maximum atomic E-state index is 5.75. The van der Waals surface area contributed by atoms with Gasteiger partial charge in [0.15, 0.2) is 0 Å². The molecule has 0 heterocycles. The van der Waals surface area contributed by atoms with Crippen molar-refractivity contribution in [1.82, 2.24) is 4.90 Å². The minimum absolute atomic E-state index is 0.160. The molecule has 0 saturated heterocycles. The molecule has 1 aromatic rings. The van der Waals surface area contributed by atoms with Crippen LogP contribution in [0.3, 0.4) is 0 Å². The molecule has 0 aliphatic carbocycles. The predicted octanol–water partition coefficient (Wildman–Crippen LogP) is 2.11. The molecule has 0 atom stereocenters. The standard InChI is InChI=1S/C14H24N2O/c1-14(2,10-15)11-16(3)9-12-6-5-7-13(8-12)17-4/h5-8H,9-11,15H2,1-4H3. The lowest BCUT2D eigenvalue weighted by atomic mass is 9.93. The Morgan fingerprint density at radius 3 is 2.65 bits per heavy atom. The third-order valence-corrected chi connectivity index (χ3v) is 2.84. The highest BCUT2D eigenvalue weighted by atomic mass is 16.5. The first-order chi connectivity index (χ1) is 7.96. The lowest BCUT2D eigenvalue weighted by molar-refractivity contribution is 0.210. The van der Waals surface area contributed by atoms with Crippen LogP contribution in [-0.2, 0) is 6.54 Å². The topological polar surface area (TPSA) is 38.5 Å². The number of nitrogens with zero attached hydrogens (tertiary/aromatic N) is 1. The summed E-state index contributed by atoms with van der Waals surface area (Å²) in [5.41, 5.74) is 7.17. The van der Waals surface area contributed by atoms with E-state index in [9.17, 15) is 0 Å². The van der Waals surface area contributed by atoms with Gasteiger partial charge >= 0.3 is 0 Å². The van der Waals surface area contributed by atoms with Crippen LogP contribution in [-0.4, -0.2) is 32.1 Å². The summed E-state index contributed by atoms with van der Waals surface area (Å²) in [5.74, 6) is 0.911. The minimum atomic E-state index is 0.160. The van der Waals surface area contributed by atoms with Crippen LogP contribution in [0.25, 0.3) is 0 Å². The second-order valence-electron chi connectivity index (χ2n) is 5.39. The van der Waals surface area contributed by atoms with E-state index in [4.69, 9.17) is 10.5 Å². The number of methoxy groups -OCH3 is 1. The Morgan fingerprint density at radius 2 is 2.06 bits per heavy atom. The highest BCUT2D eigenvalue weighted by Gasteiger charge is 2.17. The lowest BCUT2D eigenvalue weighted by Gasteiger charge is -2.29. The number of hydrogen-bond acceptors (Lipinski definition) is 3. The van der Waals surface area contributed by atoms with Crippen molar-refractivity contribution in [2.24, 2.45) is 11.1 Å². The van der Waals surface area contributed by atoms with E-state index in [-0.39, 0.29) is 5.41 Å². The van der Waals surface area contributed by atoms with E-state index in [1.165, 1.54) is 5.56 Å². The molecule has 0 aliphatic rings. The maximum Gasteiger partial charge on any atom is 0.119 e. The van der Waals surface area contributed by atoms with Gasteiger partial charge in [0.05, 0.1) is 7.11 Å². The summed E-state index contributed by atoms with van der Waals surface area (Å²) in [6.45, 7) is 6.99. The predicted molar refractivity (Wildman–Crippen MR) is 72.2 cm³/mol. The average Bonchev–Trinajstić information content (AvgIpc) is 2.28. The Bertz CT molecular complexity index is 350. The molecular weight excluding hydrogens is 212 g/mol. The summed E-state index contributed by atoms with van der Waals surface area (Å²) in [5, 5.41) is 0. The highest BCUT2D eigenvalue weighted by molar-refractivity contribution is 5.28. The first-order valence-corrected chi connectivity index (χ1v) is 5.98. The van der Waals surface area contributed by atoms with Gasteiger partial charge in [-0.3, -0.25) is 0 Å². The maximum absolute atomic E-state index is 5.75. The third-order valence-electron chi connectivity index (χ3n) is 2.84. The van der Waals surface area contributed by atoms with Crippen molar-refractivity contribution in [3.63, 3.8) is 0 Å². The van der Waals surface area contributed by atoms with Crippen LogP contribution in [0.4, 0.5) is 0 Å². The summed E-state index contributed by atoms with van der Waals surface area (Å²) >= 11 is 0. The summed E-state index contributed by atoms with van der Waals surface area (Å²) in [6, 6.07) is 8.18. The summed E-state index contributed by atoms with van der Waals surface area (Å²) < 4.78 is 5.22. The minimum Gasteiger partial charge on any atom is -0.497 e. The first kappa shape index (κ1) is 14.0. The summed E-state index contributed by atoms with van der Waals surface area (Å²) in [6.07, 6.45) is 0. The molecule has 0 aliphatic heterocycles. The van der Waals surface area contributed by atoms with E-state index in [2.05, 4.69) is 37.9 Å². The molecule has 1 rings (SSSR count). The Hall–Kier alpha value is -1.06. The lowest BCUT2D eigenvalue weighted by Crippen LogP contribution is -2.36. The second kappa shape index (κ2) is 6.03. The monoisotopic (exact) mass is 236 g/mol. The smallest absolute Gasteiger partial charge is 0.119 e. The summed E-state index contributed by atoms with van der Waals surface area (Å²) in [4.78, 5) is 2.29. The Balaban J connectivity index is 2.58. The van der Waals surface area contributed by atoms with Crippen LogP contribution < -0.4 is 10.5 Å². The van der Waals surface area contributed by atoms with Crippen LogP contribution in [0.2, 0.25) is 0 Å². The van der Waals surface area contributed by atoms with Crippen LogP contribution in [0.15, 0.2) is 24.3 Å². The molecular formula is C14H24N2O. The molecule has 0 spiro atoms. The zero-order valence-electron chi connectivity index (χ0n) is 11.4. The van der Waals surface area contributed by atoms with Crippen molar-refractivity contribution in [1.29, 1.82) is 0 Å². The fraction of sp³-hybridized carbons (Fsp3) is 0.571. The van der Waals surface area contributed by atoms with Crippen molar-refractivity contribution in [3.8, 4) is 5.75 Å². The van der Waals surface area contributed by atoms with E-state index in [0.717, 1.165) is 18.8 Å². The number of benzene rings is 1. The number of rotatable bonds is 6. The fourth-order valence-electron chi connectivity index (χ4n) is 1.93. The van der Waals surface area contributed by atoms with Crippen molar-refractivity contribution in [2.75, 3.05) is 27.2 Å². The van der Waals surface area contributed by atoms with Gasteiger partial charge in [-0.25, -0.2) is 0 Å². The van der Waals surface area contributed by atoms with Crippen molar-refractivity contribution in [2.45, 2.75) is 20.4 Å². The molecule has 1 aromatic carbocycles. The quantitative estimate of drug-likeness (QED) is 0.822. The molecule has 0 fully saturated rings. The van der Waals surface area contributed by atoms with Gasteiger partial charge in [-0.2, -0.15) is 0 Å². The van der Waals surface area contributed by atoms with Gasteiger partial charge in [-0.05, 0) is 36.7 Å². The van der Waals surface area contributed by atoms with Gasteiger partial charge in [0, 0.05) is 13.1 Å². The van der Waals surface area contributed by atoms with E-state index in [1.807, 2.05) is 12.1 Å². The molecule has 0 bridgehead atoms. The van der Waals surface area contributed by atoms with Crippen LogP contribution in [0, 0.1) is 5.41 Å². The van der Waals surface area contributed by atoms with Gasteiger partial charge in [-0.15, -0.1) is 0 Å². The van der Waals surface area contributed by atoms with Crippen molar-refractivity contribution < 1.29 is 4.74 Å². The molecule has 17 heavy (non-hydrogen) atoms. The van der Waals surface area contributed by atoms with Gasteiger partial charge < -0.3 is 15.4 Å². The Morgan fingerprint density at radius 1 is 1.35 bits per heavy atom. The third kappa shape index (κ3) is 4.75. The van der Waals surface area contributed by atoms with Crippen LogP contribution >= 0.6 is 0 Å². The van der Waals surface area contributed by atoms with Gasteiger partial charge in [-0.1, -0.05) is 26.0 Å². The highest BCUT2D eigenvalue weighted by Crippen LogP contribution is 2.17. The van der Waals surface area contributed by atoms with Gasteiger partial charge in [0.2, 0.25) is 0 Å². The molecule has 0 unspecified atom stereocenters. The fourth-order valence-corrected chi connectivity index (χ4v) is 1.93. The van der Waals surface area contributed by atoms with Crippen molar-refractivity contribution >= 4 is 0 Å². The Labute approximate surface area is 105 Å². The number of hydrogen-bond donors (Lipinski definition) is 1. The van der Waals surface area contributed by atoms with Crippen molar-refractivity contribution in [3.05, 3.63) is 29.8 Å². The van der Waals surface area contributed by atoms with Crippen LogP contribution in [0.5, 0.6) is 5.75 Å². The molecule has 0 radical (unpaired) electrons. The van der Waals surface area contributed by atoms with E-state index >= 15 is 0 Å². The molecule has 0 aromatic heterocycles. The summed E-state index contributed by atoms with van der Waals surface area (Å²) in [7, 11) is 3.82. The molecule has 0 saturated carbocycles. The van der Waals surface area contributed by atoms with E-state index in [1.54, 1.807) is 7.11 Å². The average molecular weight is 236 g/mol. The second-order valence-corrected chi connectivity index (χ2v) is 5.39. The van der Waals surface area contributed by atoms with E-state index in [0.29, 0.717) is 6.54 Å². The number of nitrogens with two attached hydrogens (primary N) is 1. The molecule has 2 N–H and O–H groups in total. The molecule has 0 amide bonds. The normalized spacial score (nSPS) is 11.9. The number of ether oxygens (including phenoxy) is 1. The SMILES string of the molecule is COc1cccc(CN(C)CC(C)(C)CN)c1. The molecule has 3 nitrogen and oxygen atoms in total. The van der Waals surface area contributed by atoms with Gasteiger partial charge in [0.25, 0.3) is 0 Å². The van der Waals surface area contributed by atoms with Crippen LogP contribution in [0.1, 0.15) is 19.4 Å². The Kier molecular flexibility index (Phi) is 4.97. The van der Waals surface area contributed by atoms with Gasteiger partial charge in [0.1, 0.15) is 5.75 Å². The zero-order valence-corrected chi connectivity index (χ0v) is 11.4. The molecule has 96 valence electrons. The van der Waals surface area contributed by atoms with E-state index < -0.39 is 0 Å². The largest absolute Gasteiger partial charge is 0.497 e. The first-order valence-electron chi connectivity index (χ1n) is 5.98. The zero-order chi connectivity index (χ0) is 12.9.